The van der Waals surface area contributed by atoms with E-state index in [1.807, 2.05) is 40.8 Å². The average Bonchev–Trinajstić information content (AvgIpc) is 3.77. The predicted molar refractivity (Wildman–Crippen MR) is 234 cm³/mol. The number of hydrogen-bond acceptors (Lipinski definition) is 9. The van der Waals surface area contributed by atoms with E-state index in [9.17, 15) is 14.4 Å². The van der Waals surface area contributed by atoms with Gasteiger partial charge in [0, 0.05) is 48.0 Å². The van der Waals surface area contributed by atoms with Crippen LogP contribution in [0.15, 0.2) is 30.9 Å². The van der Waals surface area contributed by atoms with Crippen LogP contribution in [0.3, 0.4) is 0 Å². The number of nitrogens with zero attached hydrogens (tertiary/aromatic N) is 5. The van der Waals surface area contributed by atoms with Crippen LogP contribution in [0.5, 0.6) is 6.01 Å². The third-order valence-corrected chi connectivity index (χ3v) is 12.6. The number of ether oxygens (including phenoxy) is 2. The number of fused-ring (bicyclic) bond motifs is 2. The number of anilines is 1. The van der Waals surface area contributed by atoms with E-state index in [0.717, 1.165) is 37.1 Å². The van der Waals surface area contributed by atoms with Crippen molar-refractivity contribution in [1.82, 2.24) is 14.9 Å². The third kappa shape index (κ3) is 11.0. The Hall–Kier alpha value is -4.05. The number of hydrogen-bond donors (Lipinski definition) is 0. The van der Waals surface area contributed by atoms with Gasteiger partial charge in [-0.15, -0.1) is 11.3 Å². The Kier molecular flexibility index (Phi) is 18.2. The van der Waals surface area contributed by atoms with Crippen molar-refractivity contribution in [3.05, 3.63) is 58.5 Å². The van der Waals surface area contributed by atoms with Gasteiger partial charge < -0.3 is 14.4 Å². The molecule has 1 aliphatic heterocycles. The molecule has 0 saturated carbocycles. The molecule has 0 aliphatic carbocycles. The molecule has 8 nitrogen and oxygen atoms in total. The van der Waals surface area contributed by atoms with Gasteiger partial charge in [-0.05, 0) is 101 Å². The van der Waals surface area contributed by atoms with Crippen molar-refractivity contribution in [2.24, 2.45) is 11.8 Å². The highest BCUT2D eigenvalue weighted by molar-refractivity contribution is 7.19. The number of benzene rings is 2. The lowest BCUT2D eigenvalue weighted by Gasteiger charge is -2.34. The number of rotatable bonds is 14. The first-order chi connectivity index (χ1) is 27.4. The zero-order chi connectivity index (χ0) is 43.6. The summed E-state index contributed by atoms with van der Waals surface area (Å²) in [4.78, 5) is 24.6. The first kappa shape index (κ1) is 48.3. The maximum Gasteiger partial charge on any atom is 0.319 e. The lowest BCUT2D eigenvalue weighted by atomic mass is 9.91. The van der Waals surface area contributed by atoms with Gasteiger partial charge >= 0.3 is 6.01 Å². The summed E-state index contributed by atoms with van der Waals surface area (Å²) in [6.45, 7) is 23.5. The van der Waals surface area contributed by atoms with Crippen LogP contribution in [0.1, 0.15) is 110 Å². The van der Waals surface area contributed by atoms with Gasteiger partial charge in [0.15, 0.2) is 11.6 Å². The monoisotopic (exact) mass is 823 g/mol. The van der Waals surface area contributed by atoms with E-state index in [1.54, 1.807) is 13.2 Å². The molecule has 2 aromatic carbocycles. The molecule has 1 aliphatic rings. The smallest absolute Gasteiger partial charge is 0.319 e. The zero-order valence-corrected chi connectivity index (χ0v) is 37.6. The van der Waals surface area contributed by atoms with Crippen molar-refractivity contribution in [3.63, 3.8) is 0 Å². The Morgan fingerprint density at radius 3 is 2.33 bits per heavy atom. The highest BCUT2D eigenvalue weighted by atomic mass is 32.1. The van der Waals surface area contributed by atoms with E-state index in [0.29, 0.717) is 55.4 Å². The molecule has 0 bridgehead atoms. The van der Waals surface area contributed by atoms with Crippen LogP contribution in [0.4, 0.5) is 19.0 Å². The second-order valence-corrected chi connectivity index (χ2v) is 17.0. The van der Waals surface area contributed by atoms with Gasteiger partial charge in [0.25, 0.3) is 0 Å². The van der Waals surface area contributed by atoms with Crippen molar-refractivity contribution in [3.8, 4) is 23.2 Å². The Morgan fingerprint density at radius 2 is 1.79 bits per heavy atom. The number of aromatic nitrogens is 2. The summed E-state index contributed by atoms with van der Waals surface area (Å²) in [5.74, 6) is 0.566. The molecular formula is C46H64F3N5O3S. The van der Waals surface area contributed by atoms with Crippen LogP contribution in [0, 0.1) is 41.7 Å². The normalized spacial score (nSPS) is 17.0. The van der Waals surface area contributed by atoms with E-state index in [4.69, 9.17) is 19.4 Å². The molecule has 1 fully saturated rings. The van der Waals surface area contributed by atoms with Crippen molar-refractivity contribution in [1.29, 1.82) is 5.26 Å². The lowest BCUT2D eigenvalue weighted by molar-refractivity contribution is -0.112. The molecule has 1 saturated heterocycles. The second kappa shape index (κ2) is 21.8. The van der Waals surface area contributed by atoms with E-state index in [1.165, 1.54) is 37.3 Å². The first-order valence-corrected chi connectivity index (χ1v) is 21.2. The van der Waals surface area contributed by atoms with Gasteiger partial charge in [-0.3, -0.25) is 14.1 Å². The number of thiophene rings is 1. The first-order valence-electron chi connectivity index (χ1n) is 20.4. The summed E-state index contributed by atoms with van der Waals surface area (Å²) in [5, 5.41) is 11.3. The van der Waals surface area contributed by atoms with Crippen LogP contribution >= 0.6 is 11.3 Å². The molecule has 0 radical (unpaired) electrons. The van der Waals surface area contributed by atoms with E-state index in [-0.39, 0.29) is 54.2 Å². The topological polar surface area (TPSA) is 91.6 Å². The number of carbonyl (C=O) groups is 1. The van der Waals surface area contributed by atoms with Crippen LogP contribution in [0.25, 0.3) is 32.1 Å². The van der Waals surface area contributed by atoms with Crippen molar-refractivity contribution >= 4 is 43.9 Å². The summed E-state index contributed by atoms with van der Waals surface area (Å²) in [6, 6.07) is 7.41. The van der Waals surface area contributed by atoms with Crippen LogP contribution in [-0.4, -0.2) is 79.4 Å². The highest BCUT2D eigenvalue weighted by Crippen LogP contribution is 2.45. The van der Waals surface area contributed by atoms with Gasteiger partial charge in [-0.25, -0.2) is 8.78 Å². The Balaban J connectivity index is 0.00000103. The summed E-state index contributed by atoms with van der Waals surface area (Å²) >= 11 is 1.26. The third-order valence-electron chi connectivity index (χ3n) is 11.1. The van der Waals surface area contributed by atoms with Crippen LogP contribution < -0.4 is 9.64 Å². The van der Waals surface area contributed by atoms with E-state index >= 15 is 8.78 Å². The summed E-state index contributed by atoms with van der Waals surface area (Å²) < 4.78 is 55.6. The molecule has 2 aromatic heterocycles. The molecule has 5 unspecified atom stereocenters. The molecule has 0 N–H and O–H groups in total. The van der Waals surface area contributed by atoms with Crippen molar-refractivity contribution in [2.75, 3.05) is 39.3 Å². The Labute approximate surface area is 348 Å². The predicted octanol–water partition coefficient (Wildman–Crippen LogP) is 11.6. The lowest BCUT2D eigenvalue weighted by Crippen LogP contribution is -2.45. The number of likely N-dealkylation sites (N-methyl/N-ethyl adjacent to an activating group) is 1. The quantitative estimate of drug-likeness (QED) is 0.116. The molecule has 12 heteroatoms. The number of allylic oxidation sites excluding steroid dienone is 1. The molecule has 0 amide bonds. The fourth-order valence-corrected chi connectivity index (χ4v) is 8.95. The molecule has 5 rings (SSSR count). The SMILES string of the molecule is C=CC(C)=O.CCC(C)CCC(C(C)C)N(C)c1nc(OC(C)C2C(OC)CCN2C)nc2c(F)c(-c3ccc(F)c4sc(C(C)C)c(C#N)c34)c(C)cc12.CCF. The molecular weight excluding hydrogens is 760 g/mol. The molecule has 4 aromatic rings. The van der Waals surface area contributed by atoms with E-state index in [2.05, 4.69) is 57.2 Å². The average molecular weight is 824 g/mol. The Morgan fingerprint density at radius 1 is 1.16 bits per heavy atom. The number of likely N-dealkylation sites (tertiary alicyclic amines) is 1. The number of nitriles is 1. The number of ketones is 1. The Bertz CT molecular complexity index is 2060. The largest absolute Gasteiger partial charge is 0.459 e. The second-order valence-electron chi connectivity index (χ2n) is 16.0. The van der Waals surface area contributed by atoms with Gasteiger partial charge in [-0.1, -0.05) is 60.6 Å². The molecule has 5 atom stereocenters. The maximum atomic E-state index is 17.4. The van der Waals surface area contributed by atoms with Crippen molar-refractivity contribution in [2.45, 2.75) is 125 Å². The minimum atomic E-state index is -0.544. The van der Waals surface area contributed by atoms with E-state index < -0.39 is 11.6 Å². The van der Waals surface area contributed by atoms with Gasteiger partial charge in [-0.2, -0.15) is 15.2 Å². The molecule has 318 valence electrons. The fraction of sp³-hybridized carbons (Fsp3) is 0.565. The summed E-state index contributed by atoms with van der Waals surface area (Å²) in [6.07, 6.45) is 4.96. The van der Waals surface area contributed by atoms with Gasteiger partial charge in [0.2, 0.25) is 0 Å². The summed E-state index contributed by atoms with van der Waals surface area (Å²) in [7, 11) is 5.80. The molecule has 3 heterocycles. The number of halogens is 3. The minimum Gasteiger partial charge on any atom is -0.459 e. The number of alkyl halides is 1. The van der Waals surface area contributed by atoms with Gasteiger partial charge in [0.1, 0.15) is 29.3 Å². The highest BCUT2D eigenvalue weighted by Gasteiger charge is 2.38. The number of methoxy groups -OCH3 is 1. The minimum absolute atomic E-state index is 0.00831. The standard InChI is InChI=1S/C40H53F2N5O2S.C4H6O.C2H5F/c1-12-23(6)13-16-30(21(2)3)47(10)39-27-19-24(7)32(26-14-15-29(41)38-33(26)28(20-43)37(50-38)22(4)5)34(42)35(27)44-40(45-39)49-25(8)36-31(48-11)17-18-46(36)9;1-3-4(2)5;1-2-3/h14-15,19,21-23,25,30-31,36H,12-13,16-18H2,1-11H3;3H,1H2,2H3;2H2,1H3. The number of carbonyl (C=O) groups excluding carboxylic acids is 1. The molecule has 0 spiro atoms. The maximum absolute atomic E-state index is 17.4. The zero-order valence-electron chi connectivity index (χ0n) is 36.8. The van der Waals surface area contributed by atoms with Gasteiger partial charge in [0.05, 0.1) is 29.1 Å². The summed E-state index contributed by atoms with van der Waals surface area (Å²) in [5.41, 5.74) is 1.95. The van der Waals surface area contributed by atoms with Crippen LogP contribution in [0.2, 0.25) is 0 Å². The number of aryl methyl sites for hydroxylation is 1. The molecule has 58 heavy (non-hydrogen) atoms. The van der Waals surface area contributed by atoms with Crippen LogP contribution in [-0.2, 0) is 9.53 Å². The van der Waals surface area contributed by atoms with Crippen molar-refractivity contribution < 1.29 is 27.4 Å². The fourth-order valence-electron chi connectivity index (χ4n) is 7.76.